The number of thioether (sulfide) groups is 1. The van der Waals surface area contributed by atoms with Crippen molar-refractivity contribution in [3.8, 4) is 11.5 Å². The molecule has 0 saturated carbocycles. The quantitative estimate of drug-likeness (QED) is 0.654. The highest BCUT2D eigenvalue weighted by atomic mass is 32.2. The molecule has 130 valence electrons. The second-order valence-corrected chi connectivity index (χ2v) is 6.23. The van der Waals surface area contributed by atoms with Crippen LogP contribution in [0.1, 0.15) is 10.4 Å². The second kappa shape index (κ2) is 7.94. The molecule has 0 aromatic heterocycles. The first kappa shape index (κ1) is 17.2. The molecule has 1 amide bonds. The molecule has 1 heterocycles. The fraction of sp³-hybridized carbons (Fsp3) is 0.222. The van der Waals surface area contributed by atoms with Crippen LogP contribution in [0.25, 0.3) is 0 Å². The van der Waals surface area contributed by atoms with Crippen LogP contribution in [-0.2, 0) is 9.53 Å². The number of benzene rings is 2. The van der Waals surface area contributed by atoms with E-state index in [1.54, 1.807) is 24.3 Å². The van der Waals surface area contributed by atoms with Crippen LogP contribution in [0.5, 0.6) is 11.5 Å². The minimum absolute atomic E-state index is 0.204. The van der Waals surface area contributed by atoms with Crippen LogP contribution < -0.4 is 14.8 Å². The molecule has 0 spiro atoms. The number of carbonyl (C=O) groups is 2. The molecular formula is C18H17NO5S. The number of carbonyl (C=O) groups excluding carboxylic acids is 2. The van der Waals surface area contributed by atoms with E-state index in [-0.39, 0.29) is 11.7 Å². The number of hydrogen-bond donors (Lipinski definition) is 1. The highest BCUT2D eigenvalue weighted by molar-refractivity contribution is 8.00. The number of ether oxygens (including phenoxy) is 3. The molecular weight excluding hydrogens is 342 g/mol. The second-order valence-electron chi connectivity index (χ2n) is 5.18. The highest BCUT2D eigenvalue weighted by Crippen LogP contribution is 2.34. The van der Waals surface area contributed by atoms with Gasteiger partial charge >= 0.3 is 5.97 Å². The maximum atomic E-state index is 12.2. The van der Waals surface area contributed by atoms with E-state index in [0.717, 1.165) is 4.90 Å². The normalized spacial score (nSPS) is 12.4. The molecule has 1 N–H and O–H groups in total. The Bertz CT molecular complexity index is 793. The monoisotopic (exact) mass is 359 g/mol. The van der Waals surface area contributed by atoms with Crippen molar-refractivity contribution in [2.24, 2.45) is 0 Å². The van der Waals surface area contributed by atoms with Gasteiger partial charge in [-0.25, -0.2) is 4.79 Å². The molecule has 0 atom stereocenters. The van der Waals surface area contributed by atoms with Gasteiger partial charge in [-0.1, -0.05) is 12.1 Å². The first-order chi connectivity index (χ1) is 12.2. The number of nitrogens with one attached hydrogen (secondary N) is 1. The first-order valence-corrected chi connectivity index (χ1v) is 8.65. The summed E-state index contributed by atoms with van der Waals surface area (Å²) in [5.74, 6) is 0.904. The first-order valence-electron chi connectivity index (χ1n) is 7.67. The van der Waals surface area contributed by atoms with E-state index in [1.165, 1.54) is 18.9 Å². The number of anilines is 1. The zero-order chi connectivity index (χ0) is 17.6. The lowest BCUT2D eigenvalue weighted by Crippen LogP contribution is -2.17. The zero-order valence-electron chi connectivity index (χ0n) is 13.6. The van der Waals surface area contributed by atoms with E-state index in [2.05, 4.69) is 5.32 Å². The Kier molecular flexibility index (Phi) is 5.45. The number of hydrogen-bond acceptors (Lipinski definition) is 6. The Morgan fingerprint density at radius 1 is 1.12 bits per heavy atom. The molecule has 25 heavy (non-hydrogen) atoms. The predicted molar refractivity (Wildman–Crippen MR) is 94.6 cm³/mol. The van der Waals surface area contributed by atoms with E-state index < -0.39 is 5.97 Å². The van der Waals surface area contributed by atoms with Crippen molar-refractivity contribution in [3.63, 3.8) is 0 Å². The van der Waals surface area contributed by atoms with Gasteiger partial charge in [0.2, 0.25) is 5.91 Å². The number of fused-ring (bicyclic) bond motifs is 1. The Balaban J connectivity index is 1.61. The summed E-state index contributed by atoms with van der Waals surface area (Å²) in [5.41, 5.74) is 0.754. The lowest BCUT2D eigenvalue weighted by atomic mass is 10.2. The Hall–Kier alpha value is -2.67. The number of para-hydroxylation sites is 1. The summed E-state index contributed by atoms with van der Waals surface area (Å²) in [6.45, 7) is 1.06. The van der Waals surface area contributed by atoms with Gasteiger partial charge in [-0.05, 0) is 30.3 Å². The lowest BCUT2D eigenvalue weighted by Gasteiger charge is -2.18. The molecule has 2 aromatic carbocycles. The number of rotatable bonds is 5. The third kappa shape index (κ3) is 4.24. The molecule has 0 radical (unpaired) electrons. The summed E-state index contributed by atoms with van der Waals surface area (Å²) in [4.78, 5) is 24.8. The predicted octanol–water partition coefficient (Wildman–Crippen LogP) is 2.98. The van der Waals surface area contributed by atoms with E-state index in [0.29, 0.717) is 36.0 Å². The fourth-order valence-corrected chi connectivity index (χ4v) is 3.05. The van der Waals surface area contributed by atoms with Crippen molar-refractivity contribution in [2.45, 2.75) is 4.90 Å². The van der Waals surface area contributed by atoms with Gasteiger partial charge in [-0.2, -0.15) is 0 Å². The fourth-order valence-electron chi connectivity index (χ4n) is 2.33. The summed E-state index contributed by atoms with van der Waals surface area (Å²) in [6, 6.07) is 12.3. The third-order valence-electron chi connectivity index (χ3n) is 3.49. The van der Waals surface area contributed by atoms with Crippen LogP contribution in [0.2, 0.25) is 0 Å². The Morgan fingerprint density at radius 2 is 1.88 bits per heavy atom. The van der Waals surface area contributed by atoms with Crippen molar-refractivity contribution < 1.29 is 23.8 Å². The molecule has 0 saturated heterocycles. The van der Waals surface area contributed by atoms with Gasteiger partial charge in [0.05, 0.1) is 24.1 Å². The van der Waals surface area contributed by atoms with Crippen molar-refractivity contribution in [1.29, 1.82) is 0 Å². The summed E-state index contributed by atoms with van der Waals surface area (Å²) in [7, 11) is 1.30. The van der Waals surface area contributed by atoms with Crippen molar-refractivity contribution >= 4 is 29.3 Å². The lowest BCUT2D eigenvalue weighted by molar-refractivity contribution is -0.113. The van der Waals surface area contributed by atoms with Crippen LogP contribution in [-0.4, -0.2) is 38.0 Å². The highest BCUT2D eigenvalue weighted by Gasteiger charge is 2.15. The van der Waals surface area contributed by atoms with E-state index in [4.69, 9.17) is 14.2 Å². The van der Waals surface area contributed by atoms with Crippen molar-refractivity contribution in [3.05, 3.63) is 48.0 Å². The summed E-state index contributed by atoms with van der Waals surface area (Å²) in [5, 5.41) is 2.74. The third-order valence-corrected chi connectivity index (χ3v) is 4.48. The van der Waals surface area contributed by atoms with Crippen LogP contribution in [0.4, 0.5) is 5.69 Å². The standard InChI is InChI=1S/C18H17NO5S/c1-22-18(21)13-4-2-3-5-14(13)19-17(20)11-25-12-6-7-15-16(10-12)24-9-8-23-15/h2-7,10H,8-9,11H2,1H3,(H,19,20). The van der Waals surface area contributed by atoms with Crippen molar-refractivity contribution in [2.75, 3.05) is 31.4 Å². The molecule has 7 heteroatoms. The average molecular weight is 359 g/mol. The van der Waals surface area contributed by atoms with Gasteiger partial charge in [0.25, 0.3) is 0 Å². The van der Waals surface area contributed by atoms with Crippen LogP contribution >= 0.6 is 11.8 Å². The number of methoxy groups -OCH3 is 1. The summed E-state index contributed by atoms with van der Waals surface area (Å²) >= 11 is 1.38. The smallest absolute Gasteiger partial charge is 0.339 e. The summed E-state index contributed by atoms with van der Waals surface area (Å²) in [6.07, 6.45) is 0. The molecule has 6 nitrogen and oxygen atoms in total. The van der Waals surface area contributed by atoms with Gasteiger partial charge in [0.1, 0.15) is 13.2 Å². The molecule has 0 bridgehead atoms. The van der Waals surface area contributed by atoms with Gasteiger partial charge in [0.15, 0.2) is 11.5 Å². The topological polar surface area (TPSA) is 73.9 Å². The molecule has 0 unspecified atom stereocenters. The largest absolute Gasteiger partial charge is 0.486 e. The van der Waals surface area contributed by atoms with E-state index in [9.17, 15) is 9.59 Å². The average Bonchev–Trinajstić information content (AvgIpc) is 2.66. The number of esters is 1. The van der Waals surface area contributed by atoms with Crippen LogP contribution in [0, 0.1) is 0 Å². The molecule has 0 aliphatic carbocycles. The van der Waals surface area contributed by atoms with Crippen molar-refractivity contribution in [1.82, 2.24) is 0 Å². The van der Waals surface area contributed by atoms with Crippen LogP contribution in [0.3, 0.4) is 0 Å². The molecule has 2 aromatic rings. The Labute approximate surface area is 149 Å². The molecule has 1 aliphatic rings. The van der Waals surface area contributed by atoms with E-state index >= 15 is 0 Å². The minimum Gasteiger partial charge on any atom is -0.486 e. The SMILES string of the molecule is COC(=O)c1ccccc1NC(=O)CSc1ccc2c(c1)OCCO2. The van der Waals surface area contributed by atoms with E-state index in [1.807, 2.05) is 18.2 Å². The maximum Gasteiger partial charge on any atom is 0.339 e. The zero-order valence-corrected chi connectivity index (χ0v) is 14.4. The molecule has 1 aliphatic heterocycles. The van der Waals surface area contributed by atoms with Gasteiger partial charge in [-0.15, -0.1) is 11.8 Å². The molecule has 0 fully saturated rings. The number of amides is 1. The Morgan fingerprint density at radius 3 is 2.68 bits per heavy atom. The maximum absolute atomic E-state index is 12.2. The summed E-state index contributed by atoms with van der Waals surface area (Å²) < 4.78 is 15.7. The van der Waals surface area contributed by atoms with Gasteiger partial charge in [0, 0.05) is 4.90 Å². The van der Waals surface area contributed by atoms with Gasteiger partial charge < -0.3 is 19.5 Å². The minimum atomic E-state index is -0.490. The van der Waals surface area contributed by atoms with Crippen LogP contribution in [0.15, 0.2) is 47.4 Å². The van der Waals surface area contributed by atoms with Gasteiger partial charge in [-0.3, -0.25) is 4.79 Å². The molecule has 3 rings (SSSR count).